The van der Waals surface area contributed by atoms with Gasteiger partial charge in [0.15, 0.2) is 0 Å². The van der Waals surface area contributed by atoms with Crippen molar-refractivity contribution in [3.8, 4) is 11.9 Å². The Bertz CT molecular complexity index is 500. The third kappa shape index (κ3) is 3.28. The average Bonchev–Trinajstić information content (AvgIpc) is 2.43. The second-order valence-electron chi connectivity index (χ2n) is 3.88. The van der Waals surface area contributed by atoms with Gasteiger partial charge in [-0.2, -0.15) is 10.2 Å². The number of anilines is 1. The number of ether oxygens (including phenoxy) is 1. The van der Waals surface area contributed by atoms with Gasteiger partial charge < -0.3 is 9.64 Å². The lowest BCUT2D eigenvalue weighted by atomic mass is 10.2. The van der Waals surface area contributed by atoms with Crippen LogP contribution in [0.25, 0.3) is 0 Å². The molecule has 0 amide bonds. The summed E-state index contributed by atoms with van der Waals surface area (Å²) in [6, 6.07) is 2.09. The first kappa shape index (κ1) is 14.6. The second kappa shape index (κ2) is 6.49. The summed E-state index contributed by atoms with van der Waals surface area (Å²) in [7, 11) is 1.31. The quantitative estimate of drug-likeness (QED) is 0.565. The van der Waals surface area contributed by atoms with E-state index >= 15 is 0 Å². The SMILES string of the molecule is CCN(CC(C)C#N)c1ncnc(OC)c1[N+](=O)[O-]. The molecule has 0 N–H and O–H groups in total. The number of hydrogen-bond donors (Lipinski definition) is 0. The lowest BCUT2D eigenvalue weighted by Gasteiger charge is -2.22. The van der Waals surface area contributed by atoms with E-state index in [-0.39, 0.29) is 23.3 Å². The highest BCUT2D eigenvalue weighted by molar-refractivity contribution is 5.62. The summed E-state index contributed by atoms with van der Waals surface area (Å²) >= 11 is 0. The van der Waals surface area contributed by atoms with Crippen molar-refractivity contribution in [2.75, 3.05) is 25.1 Å². The molecular weight excluding hydrogens is 250 g/mol. The Morgan fingerprint density at radius 3 is 2.79 bits per heavy atom. The Balaban J connectivity index is 3.24. The fourth-order valence-electron chi connectivity index (χ4n) is 1.63. The molecule has 1 aromatic rings. The molecule has 102 valence electrons. The molecule has 1 heterocycles. The van der Waals surface area contributed by atoms with Gasteiger partial charge in [0.05, 0.1) is 24.0 Å². The summed E-state index contributed by atoms with van der Waals surface area (Å²) < 4.78 is 4.89. The van der Waals surface area contributed by atoms with Crippen molar-refractivity contribution in [3.63, 3.8) is 0 Å². The Hall–Kier alpha value is -2.43. The smallest absolute Gasteiger partial charge is 0.372 e. The minimum atomic E-state index is -0.576. The molecule has 0 radical (unpaired) electrons. The molecule has 1 aromatic heterocycles. The zero-order valence-corrected chi connectivity index (χ0v) is 11.0. The summed E-state index contributed by atoms with van der Waals surface area (Å²) in [6.45, 7) is 4.43. The Kier molecular flexibility index (Phi) is 5.00. The minimum absolute atomic E-state index is 0.0851. The van der Waals surface area contributed by atoms with E-state index in [9.17, 15) is 10.1 Å². The van der Waals surface area contributed by atoms with Crippen LogP contribution in [0.4, 0.5) is 11.5 Å². The van der Waals surface area contributed by atoms with Gasteiger partial charge in [-0.05, 0) is 13.8 Å². The van der Waals surface area contributed by atoms with Crippen molar-refractivity contribution in [2.45, 2.75) is 13.8 Å². The second-order valence-corrected chi connectivity index (χ2v) is 3.88. The van der Waals surface area contributed by atoms with Gasteiger partial charge in [-0.1, -0.05) is 0 Å². The van der Waals surface area contributed by atoms with Gasteiger partial charge in [0.25, 0.3) is 5.88 Å². The van der Waals surface area contributed by atoms with Crippen LogP contribution in [0.2, 0.25) is 0 Å². The molecule has 0 aliphatic rings. The topological polar surface area (TPSA) is 105 Å². The normalized spacial score (nSPS) is 11.5. The maximum absolute atomic E-state index is 11.1. The molecule has 1 rings (SSSR count). The van der Waals surface area contributed by atoms with E-state index in [0.29, 0.717) is 13.1 Å². The van der Waals surface area contributed by atoms with Crippen molar-refractivity contribution >= 4 is 11.5 Å². The van der Waals surface area contributed by atoms with Gasteiger partial charge >= 0.3 is 5.69 Å². The number of nitro groups is 1. The van der Waals surface area contributed by atoms with Crippen molar-refractivity contribution in [3.05, 3.63) is 16.4 Å². The maximum atomic E-state index is 11.1. The molecule has 0 aliphatic heterocycles. The number of nitrogens with zero attached hydrogens (tertiary/aromatic N) is 5. The van der Waals surface area contributed by atoms with Crippen molar-refractivity contribution in [1.29, 1.82) is 5.26 Å². The monoisotopic (exact) mass is 265 g/mol. The van der Waals surface area contributed by atoms with E-state index in [2.05, 4.69) is 16.0 Å². The summed E-state index contributed by atoms with van der Waals surface area (Å²) in [6.07, 6.45) is 1.21. The first-order chi connectivity index (χ1) is 9.04. The highest BCUT2D eigenvalue weighted by atomic mass is 16.6. The number of nitriles is 1. The summed E-state index contributed by atoms with van der Waals surface area (Å²) in [5, 5.41) is 20.0. The average molecular weight is 265 g/mol. The molecule has 1 unspecified atom stereocenters. The van der Waals surface area contributed by atoms with Crippen LogP contribution in [0.3, 0.4) is 0 Å². The first-order valence-electron chi connectivity index (χ1n) is 5.73. The molecule has 0 bridgehead atoms. The van der Waals surface area contributed by atoms with E-state index < -0.39 is 4.92 Å². The summed E-state index contributed by atoms with van der Waals surface area (Å²) in [5.41, 5.74) is -0.281. The molecule has 0 aromatic carbocycles. The highest BCUT2D eigenvalue weighted by Gasteiger charge is 2.27. The molecule has 0 saturated carbocycles. The van der Waals surface area contributed by atoms with E-state index in [1.54, 1.807) is 11.8 Å². The van der Waals surface area contributed by atoms with Gasteiger partial charge in [0, 0.05) is 13.1 Å². The first-order valence-corrected chi connectivity index (χ1v) is 5.73. The van der Waals surface area contributed by atoms with Gasteiger partial charge in [-0.3, -0.25) is 10.1 Å². The van der Waals surface area contributed by atoms with Crippen molar-refractivity contribution in [1.82, 2.24) is 9.97 Å². The van der Waals surface area contributed by atoms with Crippen LogP contribution >= 0.6 is 0 Å². The van der Waals surface area contributed by atoms with Crippen LogP contribution < -0.4 is 9.64 Å². The van der Waals surface area contributed by atoms with Gasteiger partial charge in [0.1, 0.15) is 6.33 Å². The Morgan fingerprint density at radius 1 is 1.63 bits per heavy atom. The van der Waals surface area contributed by atoms with Crippen molar-refractivity contribution in [2.24, 2.45) is 5.92 Å². The van der Waals surface area contributed by atoms with Crippen LogP contribution in [0.15, 0.2) is 6.33 Å². The number of rotatable bonds is 6. The van der Waals surface area contributed by atoms with E-state index in [4.69, 9.17) is 10.00 Å². The largest absolute Gasteiger partial charge is 0.476 e. The molecular formula is C11H15N5O3. The van der Waals surface area contributed by atoms with Crippen LogP contribution in [0.5, 0.6) is 5.88 Å². The number of hydrogen-bond acceptors (Lipinski definition) is 7. The van der Waals surface area contributed by atoms with Gasteiger partial charge in [-0.15, -0.1) is 0 Å². The Labute approximate surface area is 110 Å². The number of methoxy groups -OCH3 is 1. The standard InChI is InChI=1S/C11H15N5O3/c1-4-15(6-8(2)5-12)10-9(16(17)18)11(19-3)14-7-13-10/h7-8H,4,6H2,1-3H3. The zero-order chi connectivity index (χ0) is 14.4. The van der Waals surface area contributed by atoms with E-state index in [0.717, 1.165) is 0 Å². The lowest BCUT2D eigenvalue weighted by molar-refractivity contribution is -0.385. The fourth-order valence-corrected chi connectivity index (χ4v) is 1.63. The molecule has 8 heteroatoms. The summed E-state index contributed by atoms with van der Waals surface area (Å²) in [5.74, 6) is -0.181. The van der Waals surface area contributed by atoms with Gasteiger partial charge in [0.2, 0.25) is 5.82 Å². The number of aromatic nitrogens is 2. The highest BCUT2D eigenvalue weighted by Crippen LogP contribution is 2.33. The van der Waals surface area contributed by atoms with Crippen LogP contribution in [0.1, 0.15) is 13.8 Å². The third-order valence-electron chi connectivity index (χ3n) is 2.54. The fraction of sp³-hybridized carbons (Fsp3) is 0.545. The molecule has 0 fully saturated rings. The summed E-state index contributed by atoms with van der Waals surface area (Å²) in [4.78, 5) is 19.9. The lowest BCUT2D eigenvalue weighted by Crippen LogP contribution is -2.29. The maximum Gasteiger partial charge on any atom is 0.372 e. The molecule has 0 saturated heterocycles. The minimum Gasteiger partial charge on any atom is -0.476 e. The van der Waals surface area contributed by atoms with Crippen LogP contribution in [-0.4, -0.2) is 35.1 Å². The molecule has 8 nitrogen and oxygen atoms in total. The van der Waals surface area contributed by atoms with Crippen LogP contribution in [-0.2, 0) is 0 Å². The molecule has 0 aliphatic carbocycles. The molecule has 1 atom stereocenters. The van der Waals surface area contributed by atoms with Crippen molar-refractivity contribution < 1.29 is 9.66 Å². The van der Waals surface area contributed by atoms with Gasteiger partial charge in [-0.25, -0.2) is 4.98 Å². The Morgan fingerprint density at radius 2 is 2.32 bits per heavy atom. The third-order valence-corrected chi connectivity index (χ3v) is 2.54. The zero-order valence-electron chi connectivity index (χ0n) is 11.0. The molecule has 0 spiro atoms. The van der Waals surface area contributed by atoms with E-state index in [1.165, 1.54) is 13.4 Å². The predicted molar refractivity (Wildman–Crippen MR) is 67.9 cm³/mol. The predicted octanol–water partition coefficient (Wildman–Crippen LogP) is 1.38. The van der Waals surface area contributed by atoms with E-state index in [1.807, 2.05) is 6.92 Å². The molecule has 19 heavy (non-hydrogen) atoms. The van der Waals surface area contributed by atoms with Crippen LogP contribution in [0, 0.1) is 27.4 Å².